The van der Waals surface area contributed by atoms with E-state index in [-0.39, 0.29) is 11.8 Å². The predicted octanol–water partition coefficient (Wildman–Crippen LogP) is 0.526. The molecule has 1 amide bonds. The maximum absolute atomic E-state index is 12.0. The highest BCUT2D eigenvalue weighted by Crippen LogP contribution is 2.23. The maximum atomic E-state index is 12.0. The largest absolute Gasteiger partial charge is 0.381 e. The van der Waals surface area contributed by atoms with Crippen LogP contribution in [-0.4, -0.2) is 38.3 Å². The summed E-state index contributed by atoms with van der Waals surface area (Å²) in [5, 5.41) is 6.42. The first-order chi connectivity index (χ1) is 7.70. The highest BCUT2D eigenvalue weighted by Gasteiger charge is 2.32. The molecular formula is C12H22N2O2. The Morgan fingerprint density at radius 2 is 2.19 bits per heavy atom. The second kappa shape index (κ2) is 5.15. The van der Waals surface area contributed by atoms with Crippen LogP contribution in [0, 0.1) is 11.8 Å². The molecule has 0 aromatic heterocycles. The number of ether oxygens (including phenoxy) is 1. The average molecular weight is 226 g/mol. The van der Waals surface area contributed by atoms with E-state index in [1.165, 1.54) is 0 Å². The Bertz CT molecular complexity index is 257. The molecule has 4 nitrogen and oxygen atoms in total. The van der Waals surface area contributed by atoms with Gasteiger partial charge in [-0.3, -0.25) is 4.79 Å². The van der Waals surface area contributed by atoms with Crippen LogP contribution in [0.25, 0.3) is 0 Å². The third-order valence-electron chi connectivity index (χ3n) is 3.92. The van der Waals surface area contributed by atoms with Crippen LogP contribution in [0.1, 0.15) is 26.2 Å². The summed E-state index contributed by atoms with van der Waals surface area (Å²) >= 11 is 0. The number of hydrogen-bond acceptors (Lipinski definition) is 3. The molecule has 1 aliphatic carbocycles. The minimum atomic E-state index is 0.154. The molecule has 0 aromatic carbocycles. The van der Waals surface area contributed by atoms with Crippen molar-refractivity contribution in [1.82, 2.24) is 10.6 Å². The van der Waals surface area contributed by atoms with Gasteiger partial charge in [0.1, 0.15) is 0 Å². The summed E-state index contributed by atoms with van der Waals surface area (Å²) < 4.78 is 5.31. The number of carbonyl (C=O) groups is 1. The molecule has 16 heavy (non-hydrogen) atoms. The van der Waals surface area contributed by atoms with Crippen LogP contribution in [0.2, 0.25) is 0 Å². The molecule has 0 bridgehead atoms. The Hall–Kier alpha value is -0.610. The Labute approximate surface area is 97.1 Å². The summed E-state index contributed by atoms with van der Waals surface area (Å²) in [5.41, 5.74) is 0. The highest BCUT2D eigenvalue weighted by molar-refractivity contribution is 5.79. The molecule has 0 spiro atoms. The van der Waals surface area contributed by atoms with Crippen molar-refractivity contribution in [3.63, 3.8) is 0 Å². The lowest BCUT2D eigenvalue weighted by atomic mass is 9.97. The van der Waals surface area contributed by atoms with E-state index in [9.17, 15) is 4.79 Å². The SMILES string of the molecule is COC1CCC(NC(=O)[C@@H]2CNC[C@H]2C)C1. The fourth-order valence-electron chi connectivity index (χ4n) is 2.75. The number of methoxy groups -OCH3 is 1. The fourth-order valence-corrected chi connectivity index (χ4v) is 2.75. The predicted molar refractivity (Wildman–Crippen MR) is 62.1 cm³/mol. The highest BCUT2D eigenvalue weighted by atomic mass is 16.5. The van der Waals surface area contributed by atoms with E-state index in [0.29, 0.717) is 18.1 Å². The first-order valence-electron chi connectivity index (χ1n) is 6.24. The standard InChI is InChI=1S/C12H22N2O2/c1-8-6-13-7-11(8)12(15)14-9-3-4-10(5-9)16-2/h8-11,13H,3-7H2,1-2H3,(H,14,15)/t8-,9?,10?,11-/m1/s1. The van der Waals surface area contributed by atoms with Crippen molar-refractivity contribution in [2.75, 3.05) is 20.2 Å². The van der Waals surface area contributed by atoms with Gasteiger partial charge in [0.15, 0.2) is 0 Å². The monoisotopic (exact) mass is 226 g/mol. The summed E-state index contributed by atoms with van der Waals surface area (Å²) in [5.74, 6) is 0.834. The van der Waals surface area contributed by atoms with Gasteiger partial charge in [-0.05, 0) is 31.7 Å². The molecule has 4 atom stereocenters. The molecule has 2 N–H and O–H groups in total. The van der Waals surface area contributed by atoms with Gasteiger partial charge in [-0.1, -0.05) is 6.92 Å². The zero-order valence-corrected chi connectivity index (χ0v) is 10.2. The van der Waals surface area contributed by atoms with E-state index in [4.69, 9.17) is 4.74 Å². The molecule has 1 saturated heterocycles. The molecule has 2 rings (SSSR count). The smallest absolute Gasteiger partial charge is 0.224 e. The lowest BCUT2D eigenvalue weighted by molar-refractivity contribution is -0.126. The van der Waals surface area contributed by atoms with Crippen molar-refractivity contribution in [2.45, 2.75) is 38.3 Å². The van der Waals surface area contributed by atoms with Crippen LogP contribution in [0.15, 0.2) is 0 Å². The second-order valence-electron chi connectivity index (χ2n) is 5.12. The Morgan fingerprint density at radius 1 is 1.38 bits per heavy atom. The third-order valence-corrected chi connectivity index (χ3v) is 3.92. The molecule has 2 fully saturated rings. The van der Waals surface area contributed by atoms with Crippen LogP contribution < -0.4 is 10.6 Å². The fraction of sp³-hybridized carbons (Fsp3) is 0.917. The van der Waals surface area contributed by atoms with Crippen molar-refractivity contribution in [3.05, 3.63) is 0 Å². The van der Waals surface area contributed by atoms with Crippen LogP contribution in [0.5, 0.6) is 0 Å². The van der Waals surface area contributed by atoms with Crippen molar-refractivity contribution >= 4 is 5.91 Å². The minimum Gasteiger partial charge on any atom is -0.381 e. The Kier molecular flexibility index (Phi) is 3.82. The van der Waals surface area contributed by atoms with E-state index in [2.05, 4.69) is 17.6 Å². The van der Waals surface area contributed by atoms with Gasteiger partial charge in [0.2, 0.25) is 5.91 Å². The molecule has 1 saturated carbocycles. The number of nitrogens with one attached hydrogen (secondary N) is 2. The summed E-state index contributed by atoms with van der Waals surface area (Å²) in [7, 11) is 1.75. The quantitative estimate of drug-likeness (QED) is 0.738. The molecule has 2 aliphatic rings. The maximum Gasteiger partial charge on any atom is 0.224 e. The zero-order valence-electron chi connectivity index (χ0n) is 10.2. The number of hydrogen-bond donors (Lipinski definition) is 2. The first-order valence-corrected chi connectivity index (χ1v) is 6.24. The van der Waals surface area contributed by atoms with Gasteiger partial charge in [-0.2, -0.15) is 0 Å². The molecule has 2 unspecified atom stereocenters. The van der Waals surface area contributed by atoms with Gasteiger partial charge in [0, 0.05) is 19.7 Å². The van der Waals surface area contributed by atoms with Crippen molar-refractivity contribution in [1.29, 1.82) is 0 Å². The molecule has 92 valence electrons. The van der Waals surface area contributed by atoms with Crippen LogP contribution >= 0.6 is 0 Å². The summed E-state index contributed by atoms with van der Waals surface area (Å²) in [6.45, 7) is 3.92. The van der Waals surface area contributed by atoms with Crippen molar-refractivity contribution in [3.8, 4) is 0 Å². The van der Waals surface area contributed by atoms with Gasteiger partial charge >= 0.3 is 0 Å². The Balaban J connectivity index is 1.79. The molecule has 4 heteroatoms. The number of carbonyl (C=O) groups excluding carboxylic acids is 1. The molecule has 0 aromatic rings. The summed E-state index contributed by atoms with van der Waals surface area (Å²) in [6.07, 6.45) is 3.43. The molecular weight excluding hydrogens is 204 g/mol. The van der Waals surface area contributed by atoms with Gasteiger partial charge in [-0.15, -0.1) is 0 Å². The number of amides is 1. The topological polar surface area (TPSA) is 50.4 Å². The molecule has 0 radical (unpaired) electrons. The molecule has 1 aliphatic heterocycles. The second-order valence-corrected chi connectivity index (χ2v) is 5.12. The van der Waals surface area contributed by atoms with E-state index in [1.807, 2.05) is 0 Å². The van der Waals surface area contributed by atoms with Crippen LogP contribution in [-0.2, 0) is 9.53 Å². The van der Waals surface area contributed by atoms with Crippen LogP contribution in [0.3, 0.4) is 0 Å². The van der Waals surface area contributed by atoms with E-state index >= 15 is 0 Å². The van der Waals surface area contributed by atoms with Gasteiger partial charge in [-0.25, -0.2) is 0 Å². The lowest BCUT2D eigenvalue weighted by Gasteiger charge is -2.18. The minimum absolute atomic E-state index is 0.154. The first kappa shape index (κ1) is 11.9. The Morgan fingerprint density at radius 3 is 2.75 bits per heavy atom. The number of rotatable bonds is 3. The summed E-state index contributed by atoms with van der Waals surface area (Å²) in [6, 6.07) is 0.324. The van der Waals surface area contributed by atoms with Crippen molar-refractivity contribution in [2.24, 2.45) is 11.8 Å². The van der Waals surface area contributed by atoms with E-state index in [0.717, 1.165) is 32.4 Å². The van der Waals surface area contributed by atoms with Gasteiger partial charge in [0.25, 0.3) is 0 Å². The average Bonchev–Trinajstić information content (AvgIpc) is 2.86. The zero-order chi connectivity index (χ0) is 11.5. The summed E-state index contributed by atoms with van der Waals surface area (Å²) in [4.78, 5) is 12.0. The van der Waals surface area contributed by atoms with Gasteiger partial charge in [0.05, 0.1) is 12.0 Å². The van der Waals surface area contributed by atoms with Crippen molar-refractivity contribution < 1.29 is 9.53 Å². The van der Waals surface area contributed by atoms with E-state index in [1.54, 1.807) is 7.11 Å². The van der Waals surface area contributed by atoms with E-state index < -0.39 is 0 Å². The third kappa shape index (κ3) is 2.55. The van der Waals surface area contributed by atoms with Gasteiger partial charge < -0.3 is 15.4 Å². The molecule has 1 heterocycles. The normalized spacial score (nSPS) is 38.9. The van der Waals surface area contributed by atoms with Crippen LogP contribution in [0.4, 0.5) is 0 Å². The lowest BCUT2D eigenvalue weighted by Crippen LogP contribution is -2.40.